The van der Waals surface area contributed by atoms with E-state index in [0.29, 0.717) is 29.9 Å². The molecule has 0 saturated heterocycles. The van der Waals surface area contributed by atoms with E-state index < -0.39 is 0 Å². The Morgan fingerprint density at radius 3 is 2.12 bits per heavy atom. The van der Waals surface area contributed by atoms with Crippen LogP contribution in [0.25, 0.3) is 0 Å². The van der Waals surface area contributed by atoms with Gasteiger partial charge in [0.1, 0.15) is 0 Å². The van der Waals surface area contributed by atoms with Crippen LogP contribution in [0.1, 0.15) is 103 Å². The first-order valence-corrected chi connectivity index (χ1v) is 15.8. The molecule has 1 saturated carbocycles. The number of hydrogen-bond donors (Lipinski definition) is 3. The van der Waals surface area contributed by atoms with Crippen molar-refractivity contribution in [1.29, 1.82) is 0 Å². The van der Waals surface area contributed by atoms with Crippen LogP contribution in [0.3, 0.4) is 0 Å². The van der Waals surface area contributed by atoms with Crippen molar-refractivity contribution < 1.29 is 9.59 Å². The summed E-state index contributed by atoms with van der Waals surface area (Å²) in [4.78, 5) is 31.1. The molecule has 1 fully saturated rings. The fourth-order valence-electron chi connectivity index (χ4n) is 4.18. The van der Waals surface area contributed by atoms with Crippen molar-refractivity contribution in [3.8, 4) is 0 Å². The van der Waals surface area contributed by atoms with Crippen LogP contribution in [0.5, 0.6) is 0 Å². The number of anilines is 2. The Bertz CT molecular complexity index is 1080. The van der Waals surface area contributed by atoms with E-state index in [4.69, 9.17) is 5.73 Å². The van der Waals surface area contributed by atoms with Crippen LogP contribution in [0.15, 0.2) is 47.5 Å². The van der Waals surface area contributed by atoms with Gasteiger partial charge < -0.3 is 21.3 Å². The van der Waals surface area contributed by atoms with Crippen LogP contribution in [0.4, 0.5) is 17.1 Å². The number of rotatable bonds is 14. The summed E-state index contributed by atoms with van der Waals surface area (Å²) in [5.41, 5.74) is 9.54. The number of Topliss-reactive ketones (excluding diaryl/α,β-unsaturated/α-hetero) is 1. The van der Waals surface area contributed by atoms with Crippen LogP contribution in [-0.2, 0) is 11.2 Å². The van der Waals surface area contributed by atoms with E-state index in [1.165, 1.54) is 19.3 Å². The fourth-order valence-corrected chi connectivity index (χ4v) is 4.18. The molecule has 234 valence electrons. The molecule has 1 aliphatic rings. The maximum absolute atomic E-state index is 13.1. The Hall–Kier alpha value is -3.19. The van der Waals surface area contributed by atoms with Crippen LogP contribution >= 0.6 is 0 Å². The molecular weight excluding hydrogens is 522 g/mol. The standard InChI is InChI=1S/C29H42N4O2.C4H9N.C2H6/c1-21(2)8-7-16-33(17-15-22(3)4)29(35)19-24-9-14-27(28(18-24)30-6)32-20-31-26-12-10-25(11-13-26)23(5)34;5-4-2-1-3-4;1-2/h9-14,18,20-22,30H,7-8,15-17,19H2,1-6H3,(H,31,32);4H,1-3,5H2;1-2H3. The van der Waals surface area contributed by atoms with Crippen LogP contribution < -0.4 is 16.4 Å². The van der Waals surface area contributed by atoms with Crippen molar-refractivity contribution in [2.75, 3.05) is 30.8 Å². The van der Waals surface area contributed by atoms with Gasteiger partial charge in [0.2, 0.25) is 5.91 Å². The molecule has 7 nitrogen and oxygen atoms in total. The summed E-state index contributed by atoms with van der Waals surface area (Å²) in [5.74, 6) is 1.45. The van der Waals surface area contributed by atoms with E-state index in [1.54, 1.807) is 25.4 Å². The third-order valence-electron chi connectivity index (χ3n) is 7.10. The number of carbonyl (C=O) groups is 2. The zero-order chi connectivity index (χ0) is 31.5. The Morgan fingerprint density at radius 1 is 1.00 bits per heavy atom. The zero-order valence-corrected chi connectivity index (χ0v) is 27.5. The first kappa shape index (κ1) is 36.8. The number of hydrogen-bond acceptors (Lipinski definition) is 5. The molecule has 7 heteroatoms. The van der Waals surface area contributed by atoms with Crippen molar-refractivity contribution in [3.05, 3.63) is 53.6 Å². The summed E-state index contributed by atoms with van der Waals surface area (Å²) in [6.07, 6.45) is 9.11. The highest BCUT2D eigenvalue weighted by atomic mass is 16.2. The summed E-state index contributed by atoms with van der Waals surface area (Å²) in [6, 6.07) is 13.7. The van der Waals surface area contributed by atoms with Gasteiger partial charge in [-0.2, -0.15) is 0 Å². The van der Waals surface area contributed by atoms with Crippen LogP contribution in [-0.4, -0.2) is 49.1 Å². The molecule has 2 aromatic carbocycles. The maximum Gasteiger partial charge on any atom is 0.226 e. The van der Waals surface area contributed by atoms with Gasteiger partial charge in [0, 0.05) is 37.4 Å². The minimum atomic E-state index is 0.0426. The number of carbonyl (C=O) groups excluding carboxylic acids is 2. The van der Waals surface area contributed by atoms with Gasteiger partial charge in [0.25, 0.3) is 0 Å². The number of benzene rings is 2. The quantitative estimate of drug-likeness (QED) is 0.119. The van der Waals surface area contributed by atoms with E-state index in [0.717, 1.165) is 55.0 Å². The highest BCUT2D eigenvalue weighted by Crippen LogP contribution is 2.26. The van der Waals surface area contributed by atoms with Gasteiger partial charge in [-0.25, -0.2) is 4.99 Å². The van der Waals surface area contributed by atoms with Crippen molar-refractivity contribution >= 4 is 35.1 Å². The van der Waals surface area contributed by atoms with E-state index >= 15 is 0 Å². The highest BCUT2D eigenvalue weighted by molar-refractivity contribution is 5.94. The molecule has 1 amide bonds. The second kappa shape index (κ2) is 20.6. The van der Waals surface area contributed by atoms with Crippen LogP contribution in [0, 0.1) is 11.8 Å². The lowest BCUT2D eigenvalue weighted by Gasteiger charge is -2.24. The van der Waals surface area contributed by atoms with E-state index in [2.05, 4.69) is 43.3 Å². The smallest absolute Gasteiger partial charge is 0.226 e. The molecule has 0 atom stereocenters. The number of aliphatic imine (C=N–C) groups is 1. The van der Waals surface area contributed by atoms with Gasteiger partial charge in [0.15, 0.2) is 5.78 Å². The summed E-state index contributed by atoms with van der Waals surface area (Å²) >= 11 is 0. The number of nitrogens with one attached hydrogen (secondary N) is 2. The highest BCUT2D eigenvalue weighted by Gasteiger charge is 2.15. The minimum absolute atomic E-state index is 0.0426. The van der Waals surface area contributed by atoms with Gasteiger partial charge in [-0.15, -0.1) is 0 Å². The Kier molecular flexibility index (Phi) is 18.1. The third-order valence-corrected chi connectivity index (χ3v) is 7.10. The molecule has 2 aromatic rings. The molecule has 0 unspecified atom stereocenters. The maximum atomic E-state index is 13.1. The van der Waals surface area contributed by atoms with Gasteiger partial charge >= 0.3 is 0 Å². The molecular formula is C35H57N5O2. The second-order valence-electron chi connectivity index (χ2n) is 11.6. The predicted molar refractivity (Wildman–Crippen MR) is 181 cm³/mol. The average molecular weight is 580 g/mol. The van der Waals surface area contributed by atoms with Crippen molar-refractivity contribution in [2.45, 2.75) is 99.5 Å². The Labute approximate surface area is 255 Å². The number of nitrogens with two attached hydrogens (primary N) is 1. The molecule has 0 aliphatic heterocycles. The van der Waals surface area contributed by atoms with Crippen molar-refractivity contribution in [3.63, 3.8) is 0 Å². The molecule has 1 aliphatic carbocycles. The van der Waals surface area contributed by atoms with E-state index in [-0.39, 0.29) is 11.7 Å². The number of ketones is 1. The van der Waals surface area contributed by atoms with Crippen LogP contribution in [0.2, 0.25) is 0 Å². The van der Waals surface area contributed by atoms with Gasteiger partial charge in [-0.05, 0) is 92.8 Å². The third kappa shape index (κ3) is 14.6. The SMILES string of the molecule is CC.CNc1cc(CC(=O)N(CCCC(C)C)CCC(C)C)ccc1N=CNc1ccc(C(C)=O)cc1.NC1CCC1. The molecule has 0 heterocycles. The van der Waals surface area contributed by atoms with Gasteiger partial charge in [-0.1, -0.05) is 54.0 Å². The number of amides is 1. The van der Waals surface area contributed by atoms with Crippen molar-refractivity contribution in [1.82, 2.24) is 4.90 Å². The average Bonchev–Trinajstić information content (AvgIpc) is 2.95. The molecule has 0 bridgehead atoms. The molecule has 0 spiro atoms. The molecule has 3 rings (SSSR count). The lowest BCUT2D eigenvalue weighted by molar-refractivity contribution is -0.130. The van der Waals surface area contributed by atoms with E-state index in [9.17, 15) is 9.59 Å². The summed E-state index contributed by atoms with van der Waals surface area (Å²) in [6.45, 7) is 16.0. The lowest BCUT2D eigenvalue weighted by Crippen LogP contribution is -2.34. The first-order valence-electron chi connectivity index (χ1n) is 15.8. The summed E-state index contributed by atoms with van der Waals surface area (Å²) < 4.78 is 0. The van der Waals surface area contributed by atoms with E-state index in [1.807, 2.05) is 56.1 Å². The molecule has 0 aromatic heterocycles. The lowest BCUT2D eigenvalue weighted by atomic mass is 9.95. The monoisotopic (exact) mass is 579 g/mol. The molecule has 42 heavy (non-hydrogen) atoms. The first-order chi connectivity index (χ1) is 20.1. The fraction of sp³-hybridized carbons (Fsp3) is 0.571. The summed E-state index contributed by atoms with van der Waals surface area (Å²) in [7, 11) is 1.86. The Balaban J connectivity index is 0.00000111. The van der Waals surface area contributed by atoms with Gasteiger partial charge in [0.05, 0.1) is 24.1 Å². The van der Waals surface area contributed by atoms with Crippen molar-refractivity contribution in [2.24, 2.45) is 22.6 Å². The normalized spacial score (nSPS) is 12.6. The van der Waals surface area contributed by atoms with Gasteiger partial charge in [-0.3, -0.25) is 9.59 Å². The largest absolute Gasteiger partial charge is 0.386 e. The summed E-state index contributed by atoms with van der Waals surface area (Å²) in [5, 5.41) is 6.32. The topological polar surface area (TPSA) is 99.8 Å². The Morgan fingerprint density at radius 2 is 1.62 bits per heavy atom. The molecule has 0 radical (unpaired) electrons. The minimum Gasteiger partial charge on any atom is -0.386 e. The molecule has 4 N–H and O–H groups in total. The predicted octanol–water partition coefficient (Wildman–Crippen LogP) is 8.08. The number of nitrogens with zero attached hydrogens (tertiary/aromatic N) is 2. The second-order valence-corrected chi connectivity index (χ2v) is 11.6. The zero-order valence-electron chi connectivity index (χ0n) is 27.5.